The molecule has 0 N–H and O–H groups in total. The second kappa shape index (κ2) is 8.19. The third-order valence-corrected chi connectivity index (χ3v) is 6.55. The van der Waals surface area contributed by atoms with Crippen molar-refractivity contribution < 1.29 is 27.5 Å². The lowest BCUT2D eigenvalue weighted by atomic mass is 9.97. The third-order valence-electron chi connectivity index (χ3n) is 4.85. The van der Waals surface area contributed by atoms with Gasteiger partial charge in [-0.15, -0.1) is 0 Å². The van der Waals surface area contributed by atoms with Crippen molar-refractivity contribution in [3.8, 4) is 5.75 Å². The molecule has 3 rings (SSSR count). The fourth-order valence-electron chi connectivity index (χ4n) is 3.01. The summed E-state index contributed by atoms with van der Waals surface area (Å²) in [5, 5.41) is 0.486. The summed E-state index contributed by atoms with van der Waals surface area (Å²) in [6, 6.07) is 11.2. The number of esters is 2. The maximum Gasteiger partial charge on any atom is 0.316 e. The maximum absolute atomic E-state index is 13.2. The van der Waals surface area contributed by atoms with Gasteiger partial charge in [-0.05, 0) is 58.0 Å². The van der Waals surface area contributed by atoms with Crippen LogP contribution in [0.2, 0.25) is 0 Å². The van der Waals surface area contributed by atoms with Gasteiger partial charge in [-0.1, -0.05) is 17.7 Å². The number of aryl methyl sites for hydroxylation is 1. The Bertz CT molecular complexity index is 1250. The maximum atomic E-state index is 13.2. The van der Waals surface area contributed by atoms with Gasteiger partial charge < -0.3 is 9.47 Å². The number of carbonyl (C=O) groups excluding carboxylic acids is 2. The van der Waals surface area contributed by atoms with Crippen LogP contribution in [0, 0.1) is 12.3 Å². The highest BCUT2D eigenvalue weighted by Gasteiger charge is 2.27. The standard InChI is InChI=1S/C23H25NO6S/c1-15-6-8-16(9-7-15)31(27,28)24-13-12-17-18(14-21(25)29-5)20(11-10-19(17)24)30-22(26)23(2,3)4/h6-13H,14H2,1-5H3. The molecule has 2 aromatic carbocycles. The van der Waals surface area contributed by atoms with Gasteiger partial charge in [0.25, 0.3) is 10.0 Å². The molecule has 1 aromatic heterocycles. The van der Waals surface area contributed by atoms with Gasteiger partial charge in [-0.25, -0.2) is 12.4 Å². The van der Waals surface area contributed by atoms with Crippen molar-refractivity contribution in [2.45, 2.75) is 39.0 Å². The average molecular weight is 444 g/mol. The highest BCUT2D eigenvalue weighted by molar-refractivity contribution is 7.90. The molecule has 0 spiro atoms. The van der Waals surface area contributed by atoms with E-state index in [4.69, 9.17) is 9.47 Å². The molecular formula is C23H25NO6S. The molecule has 0 aliphatic rings. The Hall–Kier alpha value is -3.13. The molecule has 0 atom stereocenters. The van der Waals surface area contributed by atoms with Gasteiger partial charge in [0.15, 0.2) is 0 Å². The van der Waals surface area contributed by atoms with Crippen molar-refractivity contribution in [3.63, 3.8) is 0 Å². The van der Waals surface area contributed by atoms with Gasteiger partial charge in [0.2, 0.25) is 0 Å². The summed E-state index contributed by atoms with van der Waals surface area (Å²) in [5.74, 6) is -0.803. The Morgan fingerprint density at radius 1 is 1.00 bits per heavy atom. The molecule has 0 aliphatic carbocycles. The smallest absolute Gasteiger partial charge is 0.316 e. The van der Waals surface area contributed by atoms with Crippen LogP contribution < -0.4 is 4.74 Å². The zero-order chi connectivity index (χ0) is 23.0. The van der Waals surface area contributed by atoms with Crippen LogP contribution in [0.25, 0.3) is 10.9 Å². The Kier molecular flexibility index (Phi) is 5.96. The number of carbonyl (C=O) groups is 2. The number of methoxy groups -OCH3 is 1. The quantitative estimate of drug-likeness (QED) is 0.439. The third kappa shape index (κ3) is 4.49. The van der Waals surface area contributed by atoms with Gasteiger partial charge in [-0.3, -0.25) is 9.59 Å². The number of fused-ring (bicyclic) bond motifs is 1. The summed E-state index contributed by atoms with van der Waals surface area (Å²) in [5.41, 5.74) is 0.954. The molecular weight excluding hydrogens is 418 g/mol. The number of hydrogen-bond donors (Lipinski definition) is 0. The molecule has 0 bridgehead atoms. The van der Waals surface area contributed by atoms with Crippen LogP contribution >= 0.6 is 0 Å². The van der Waals surface area contributed by atoms with E-state index in [0.717, 1.165) is 9.54 Å². The van der Waals surface area contributed by atoms with Crippen molar-refractivity contribution in [2.75, 3.05) is 7.11 Å². The molecule has 0 radical (unpaired) electrons. The van der Waals surface area contributed by atoms with E-state index >= 15 is 0 Å². The van der Waals surface area contributed by atoms with E-state index in [2.05, 4.69) is 0 Å². The summed E-state index contributed by atoms with van der Waals surface area (Å²) >= 11 is 0. The van der Waals surface area contributed by atoms with Crippen LogP contribution in [0.1, 0.15) is 31.9 Å². The second-order valence-corrected chi connectivity index (χ2v) is 10.1. The molecule has 164 valence electrons. The zero-order valence-corrected chi connectivity index (χ0v) is 18.9. The Morgan fingerprint density at radius 3 is 2.23 bits per heavy atom. The summed E-state index contributed by atoms with van der Waals surface area (Å²) in [4.78, 5) is 24.6. The first kappa shape index (κ1) is 22.6. The first-order valence-electron chi connectivity index (χ1n) is 9.69. The van der Waals surface area contributed by atoms with E-state index in [1.54, 1.807) is 57.2 Å². The van der Waals surface area contributed by atoms with Gasteiger partial charge in [-0.2, -0.15) is 0 Å². The SMILES string of the molecule is COC(=O)Cc1c(OC(=O)C(C)(C)C)ccc2c1ccn2S(=O)(=O)c1ccc(C)cc1. The van der Waals surface area contributed by atoms with Crippen molar-refractivity contribution in [1.29, 1.82) is 0 Å². The molecule has 0 saturated carbocycles. The number of nitrogens with zero attached hydrogens (tertiary/aromatic N) is 1. The van der Waals surface area contributed by atoms with Crippen molar-refractivity contribution >= 4 is 32.9 Å². The molecule has 8 heteroatoms. The van der Waals surface area contributed by atoms with Crippen LogP contribution in [0.3, 0.4) is 0 Å². The van der Waals surface area contributed by atoms with E-state index < -0.39 is 27.4 Å². The lowest BCUT2D eigenvalue weighted by molar-refractivity contribution is -0.143. The van der Waals surface area contributed by atoms with Crippen molar-refractivity contribution in [3.05, 3.63) is 59.8 Å². The highest BCUT2D eigenvalue weighted by Crippen LogP contribution is 2.33. The minimum atomic E-state index is -3.86. The largest absolute Gasteiger partial charge is 0.469 e. The first-order valence-corrected chi connectivity index (χ1v) is 11.1. The normalized spacial score (nSPS) is 12.0. The first-order chi connectivity index (χ1) is 14.4. The number of rotatable bonds is 5. The Labute approximate surface area is 181 Å². The van der Waals surface area contributed by atoms with Crippen LogP contribution in [0.5, 0.6) is 5.75 Å². The van der Waals surface area contributed by atoms with Gasteiger partial charge in [0.1, 0.15) is 5.75 Å². The number of hydrogen-bond acceptors (Lipinski definition) is 6. The number of ether oxygens (including phenoxy) is 2. The van der Waals surface area contributed by atoms with Gasteiger partial charge >= 0.3 is 11.9 Å². The minimum Gasteiger partial charge on any atom is -0.469 e. The fraction of sp³-hybridized carbons (Fsp3) is 0.304. The Morgan fingerprint density at radius 2 is 1.65 bits per heavy atom. The highest BCUT2D eigenvalue weighted by atomic mass is 32.2. The topological polar surface area (TPSA) is 91.7 Å². The lowest BCUT2D eigenvalue weighted by Gasteiger charge is -2.18. The zero-order valence-electron chi connectivity index (χ0n) is 18.1. The number of benzene rings is 2. The van der Waals surface area contributed by atoms with Crippen LogP contribution in [0.4, 0.5) is 0 Å². The van der Waals surface area contributed by atoms with E-state index in [0.29, 0.717) is 16.5 Å². The number of aromatic nitrogens is 1. The van der Waals surface area contributed by atoms with E-state index in [-0.39, 0.29) is 17.1 Å². The molecule has 0 fully saturated rings. The monoisotopic (exact) mass is 443 g/mol. The summed E-state index contributed by atoms with van der Waals surface area (Å²) in [6.07, 6.45) is 1.26. The van der Waals surface area contributed by atoms with Crippen LogP contribution in [0.15, 0.2) is 53.6 Å². The molecule has 0 unspecified atom stereocenters. The van der Waals surface area contributed by atoms with Crippen LogP contribution in [-0.4, -0.2) is 31.4 Å². The molecule has 0 saturated heterocycles. The van der Waals surface area contributed by atoms with E-state index in [9.17, 15) is 18.0 Å². The predicted molar refractivity (Wildman–Crippen MR) is 117 cm³/mol. The molecule has 7 nitrogen and oxygen atoms in total. The lowest BCUT2D eigenvalue weighted by Crippen LogP contribution is -2.26. The molecule has 0 aliphatic heterocycles. The summed E-state index contributed by atoms with van der Waals surface area (Å²) in [7, 11) is -2.60. The van der Waals surface area contributed by atoms with Crippen LogP contribution in [-0.2, 0) is 30.8 Å². The van der Waals surface area contributed by atoms with E-state index in [1.807, 2.05) is 6.92 Å². The molecule has 31 heavy (non-hydrogen) atoms. The van der Waals surface area contributed by atoms with Gasteiger partial charge in [0, 0.05) is 17.1 Å². The van der Waals surface area contributed by atoms with Crippen molar-refractivity contribution in [1.82, 2.24) is 3.97 Å². The molecule has 3 aromatic rings. The Balaban J connectivity index is 2.16. The van der Waals surface area contributed by atoms with Gasteiger partial charge in [0.05, 0.1) is 29.4 Å². The molecule has 0 amide bonds. The second-order valence-electron chi connectivity index (χ2n) is 8.30. The summed E-state index contributed by atoms with van der Waals surface area (Å²) < 4.78 is 37.9. The summed E-state index contributed by atoms with van der Waals surface area (Å²) in [6.45, 7) is 7.04. The minimum absolute atomic E-state index is 0.147. The van der Waals surface area contributed by atoms with Crippen molar-refractivity contribution in [2.24, 2.45) is 5.41 Å². The predicted octanol–water partition coefficient (Wildman–Crippen LogP) is 3.85. The fourth-order valence-corrected chi connectivity index (χ4v) is 4.36. The average Bonchev–Trinajstić information content (AvgIpc) is 3.14. The molecule has 1 heterocycles. The van der Waals surface area contributed by atoms with E-state index in [1.165, 1.54) is 19.4 Å².